The number of aromatic nitrogens is 3. The summed E-state index contributed by atoms with van der Waals surface area (Å²) in [5, 5.41) is 21.9. The minimum absolute atomic E-state index is 0.0462. The maximum Gasteiger partial charge on any atom is 0.273 e. The van der Waals surface area contributed by atoms with Gasteiger partial charge in [-0.15, -0.1) is 16.4 Å². The van der Waals surface area contributed by atoms with Crippen LogP contribution in [0.5, 0.6) is 0 Å². The number of nitrogens with one attached hydrogen (secondary N) is 1. The predicted octanol–water partition coefficient (Wildman–Crippen LogP) is 1.28. The molecule has 1 amide bonds. The fraction of sp³-hybridized carbons (Fsp3) is 0.500. The Labute approximate surface area is 126 Å². The van der Waals surface area contributed by atoms with Crippen LogP contribution in [0.2, 0.25) is 0 Å². The second kappa shape index (κ2) is 6.36. The van der Waals surface area contributed by atoms with Crippen LogP contribution in [0.25, 0.3) is 0 Å². The molecule has 0 spiro atoms. The monoisotopic (exact) mass is 306 g/mol. The van der Waals surface area contributed by atoms with Gasteiger partial charge in [-0.05, 0) is 36.6 Å². The normalized spacial score (nSPS) is 15.9. The van der Waals surface area contributed by atoms with Crippen molar-refractivity contribution in [1.29, 1.82) is 0 Å². The summed E-state index contributed by atoms with van der Waals surface area (Å²) in [5.41, 5.74) is 0.329. The molecule has 2 aromatic rings. The van der Waals surface area contributed by atoms with E-state index in [-0.39, 0.29) is 18.6 Å². The van der Waals surface area contributed by atoms with Gasteiger partial charge in [0, 0.05) is 17.5 Å². The van der Waals surface area contributed by atoms with Crippen molar-refractivity contribution in [2.24, 2.45) is 5.92 Å². The van der Waals surface area contributed by atoms with Crippen LogP contribution in [0, 0.1) is 5.92 Å². The summed E-state index contributed by atoms with van der Waals surface area (Å²) < 4.78 is 1.67. The second-order valence-electron chi connectivity index (χ2n) is 5.31. The van der Waals surface area contributed by atoms with Crippen molar-refractivity contribution >= 4 is 17.2 Å². The zero-order chi connectivity index (χ0) is 14.7. The Morgan fingerprint density at radius 1 is 1.57 bits per heavy atom. The largest absolute Gasteiger partial charge is 0.396 e. The smallest absolute Gasteiger partial charge is 0.273 e. The van der Waals surface area contributed by atoms with Crippen LogP contribution >= 0.6 is 11.3 Å². The lowest BCUT2D eigenvalue weighted by atomic mass is 10.1. The topological polar surface area (TPSA) is 80.0 Å². The van der Waals surface area contributed by atoms with Gasteiger partial charge < -0.3 is 10.4 Å². The van der Waals surface area contributed by atoms with E-state index in [1.54, 1.807) is 22.2 Å². The molecule has 1 fully saturated rings. The molecule has 7 heteroatoms. The number of rotatable bonds is 7. The van der Waals surface area contributed by atoms with E-state index in [0.29, 0.717) is 24.6 Å². The molecule has 1 aliphatic rings. The number of nitrogens with zero attached hydrogens (tertiary/aromatic N) is 3. The first-order valence-corrected chi connectivity index (χ1v) is 7.98. The lowest BCUT2D eigenvalue weighted by molar-refractivity contribution is 0.0919. The number of carbonyl (C=O) groups excluding carboxylic acids is 1. The van der Waals surface area contributed by atoms with E-state index in [9.17, 15) is 4.79 Å². The Hall–Kier alpha value is -1.73. The molecule has 6 nitrogen and oxygen atoms in total. The van der Waals surface area contributed by atoms with E-state index in [2.05, 4.69) is 15.6 Å². The van der Waals surface area contributed by atoms with E-state index in [1.807, 2.05) is 17.5 Å². The van der Waals surface area contributed by atoms with Gasteiger partial charge in [0.05, 0.1) is 12.7 Å². The number of aliphatic hydroxyl groups excluding tert-OH is 1. The summed E-state index contributed by atoms with van der Waals surface area (Å²) in [6, 6.07) is 4.06. The second-order valence-corrected chi connectivity index (χ2v) is 6.34. The van der Waals surface area contributed by atoms with Crippen LogP contribution in [0.1, 0.15) is 34.6 Å². The third kappa shape index (κ3) is 3.68. The molecule has 2 heterocycles. The molecule has 0 saturated heterocycles. The van der Waals surface area contributed by atoms with Crippen LogP contribution in [0.15, 0.2) is 23.7 Å². The predicted molar refractivity (Wildman–Crippen MR) is 79.1 cm³/mol. The number of aliphatic hydroxyl groups is 1. The van der Waals surface area contributed by atoms with Gasteiger partial charge >= 0.3 is 0 Å². The maximum atomic E-state index is 12.2. The maximum absolute atomic E-state index is 12.2. The van der Waals surface area contributed by atoms with Crippen molar-refractivity contribution in [3.05, 3.63) is 34.3 Å². The first kappa shape index (κ1) is 14.2. The summed E-state index contributed by atoms with van der Waals surface area (Å²) in [7, 11) is 0. The van der Waals surface area contributed by atoms with Crippen molar-refractivity contribution in [2.45, 2.75) is 31.8 Å². The highest BCUT2D eigenvalue weighted by Gasteiger charge is 2.32. The summed E-state index contributed by atoms with van der Waals surface area (Å²) in [6.45, 7) is 0.715. The van der Waals surface area contributed by atoms with Gasteiger partial charge in [0.2, 0.25) is 0 Å². The Morgan fingerprint density at radius 3 is 3.10 bits per heavy atom. The highest BCUT2D eigenvalue weighted by atomic mass is 32.1. The molecule has 112 valence electrons. The lowest BCUT2D eigenvalue weighted by Gasteiger charge is -2.15. The number of thiophene rings is 1. The van der Waals surface area contributed by atoms with Crippen LogP contribution < -0.4 is 5.32 Å². The molecule has 1 atom stereocenters. The zero-order valence-electron chi connectivity index (χ0n) is 11.6. The minimum atomic E-state index is -0.210. The Kier molecular flexibility index (Phi) is 4.31. The molecular formula is C14H18N4O2S. The summed E-state index contributed by atoms with van der Waals surface area (Å²) in [6.07, 6.45) is 4.50. The molecule has 0 bridgehead atoms. The van der Waals surface area contributed by atoms with E-state index in [1.165, 1.54) is 4.88 Å². The van der Waals surface area contributed by atoms with Gasteiger partial charge in [0.1, 0.15) is 0 Å². The Balaban J connectivity index is 1.60. The summed E-state index contributed by atoms with van der Waals surface area (Å²) >= 11 is 1.65. The van der Waals surface area contributed by atoms with E-state index >= 15 is 0 Å². The molecule has 1 unspecified atom stereocenters. The quantitative estimate of drug-likeness (QED) is 0.807. The molecule has 1 saturated carbocycles. The SMILES string of the molecule is O=C(NC(CCO)C1CC1)c1cn(Cc2cccs2)nn1. The lowest BCUT2D eigenvalue weighted by Crippen LogP contribution is -2.37. The van der Waals surface area contributed by atoms with E-state index in [4.69, 9.17) is 5.11 Å². The number of carbonyl (C=O) groups is 1. The average Bonchev–Trinajstić information content (AvgIpc) is 2.99. The average molecular weight is 306 g/mol. The highest BCUT2D eigenvalue weighted by Crippen LogP contribution is 2.33. The number of hydrogen-bond acceptors (Lipinski definition) is 5. The molecule has 0 radical (unpaired) electrons. The molecular weight excluding hydrogens is 288 g/mol. The molecule has 21 heavy (non-hydrogen) atoms. The first-order chi connectivity index (χ1) is 10.3. The van der Waals surface area contributed by atoms with Gasteiger partial charge in [-0.25, -0.2) is 4.68 Å². The van der Waals surface area contributed by atoms with Crippen LogP contribution in [-0.2, 0) is 6.54 Å². The summed E-state index contributed by atoms with van der Waals surface area (Å²) in [5.74, 6) is 0.292. The first-order valence-electron chi connectivity index (χ1n) is 7.10. The van der Waals surface area contributed by atoms with Crippen LogP contribution in [0.4, 0.5) is 0 Å². The van der Waals surface area contributed by atoms with Gasteiger partial charge in [-0.3, -0.25) is 4.79 Å². The molecule has 2 N–H and O–H groups in total. The van der Waals surface area contributed by atoms with Crippen molar-refractivity contribution in [2.75, 3.05) is 6.61 Å². The van der Waals surface area contributed by atoms with Crippen LogP contribution in [-0.4, -0.2) is 38.7 Å². The number of amides is 1. The number of hydrogen-bond donors (Lipinski definition) is 2. The Bertz CT molecular complexity index is 592. The standard InChI is InChI=1S/C14H18N4O2S/c19-6-5-12(10-3-4-10)15-14(20)13-9-18(17-16-13)8-11-2-1-7-21-11/h1-2,7,9-10,12,19H,3-6,8H2,(H,15,20). The summed E-state index contributed by atoms with van der Waals surface area (Å²) in [4.78, 5) is 13.3. The van der Waals surface area contributed by atoms with Crippen molar-refractivity contribution in [3.63, 3.8) is 0 Å². The van der Waals surface area contributed by atoms with Crippen molar-refractivity contribution in [1.82, 2.24) is 20.3 Å². The van der Waals surface area contributed by atoms with Crippen LogP contribution in [0.3, 0.4) is 0 Å². The molecule has 1 aliphatic carbocycles. The zero-order valence-corrected chi connectivity index (χ0v) is 12.4. The van der Waals surface area contributed by atoms with Gasteiger partial charge in [-0.2, -0.15) is 0 Å². The Morgan fingerprint density at radius 2 is 2.43 bits per heavy atom. The van der Waals surface area contributed by atoms with Crippen molar-refractivity contribution in [3.8, 4) is 0 Å². The fourth-order valence-electron chi connectivity index (χ4n) is 2.35. The van der Waals surface area contributed by atoms with Gasteiger partial charge in [-0.1, -0.05) is 11.3 Å². The highest BCUT2D eigenvalue weighted by molar-refractivity contribution is 7.09. The fourth-order valence-corrected chi connectivity index (χ4v) is 3.04. The molecule has 2 aromatic heterocycles. The van der Waals surface area contributed by atoms with Gasteiger partial charge in [0.15, 0.2) is 5.69 Å². The third-order valence-corrected chi connectivity index (χ3v) is 4.48. The molecule has 3 rings (SSSR count). The van der Waals surface area contributed by atoms with Crippen molar-refractivity contribution < 1.29 is 9.90 Å². The molecule has 0 aromatic carbocycles. The third-order valence-electron chi connectivity index (χ3n) is 3.62. The minimum Gasteiger partial charge on any atom is -0.396 e. The van der Waals surface area contributed by atoms with E-state index in [0.717, 1.165) is 12.8 Å². The molecule has 0 aliphatic heterocycles. The van der Waals surface area contributed by atoms with Gasteiger partial charge in [0.25, 0.3) is 5.91 Å². The van der Waals surface area contributed by atoms with E-state index < -0.39 is 0 Å².